The lowest BCUT2D eigenvalue weighted by Crippen LogP contribution is -2.25. The molecule has 3 aromatic rings. The normalized spacial score (nSPS) is 11.9. The third-order valence-electron chi connectivity index (χ3n) is 4.15. The Morgan fingerprint density at radius 3 is 2.54 bits per heavy atom. The summed E-state index contributed by atoms with van der Waals surface area (Å²) in [5.74, 6) is -0.962. The van der Waals surface area contributed by atoms with Crippen molar-refractivity contribution >= 4 is 35.0 Å². The fourth-order valence-electron chi connectivity index (χ4n) is 2.66. The Kier molecular flexibility index (Phi) is 6.40. The van der Waals surface area contributed by atoms with Crippen molar-refractivity contribution in [3.05, 3.63) is 93.7 Å². The minimum atomic E-state index is -1.04. The van der Waals surface area contributed by atoms with Crippen molar-refractivity contribution in [2.45, 2.75) is 20.0 Å². The molecule has 1 N–H and O–H groups in total. The van der Waals surface area contributed by atoms with Gasteiger partial charge in [-0.05, 0) is 48.6 Å². The van der Waals surface area contributed by atoms with Crippen molar-refractivity contribution in [3.8, 4) is 0 Å². The number of esters is 1. The van der Waals surface area contributed by atoms with Crippen LogP contribution in [0, 0.1) is 13.8 Å². The number of amides is 1. The van der Waals surface area contributed by atoms with Crippen LogP contribution in [0.5, 0.6) is 0 Å². The lowest BCUT2D eigenvalue weighted by atomic mass is 10.1. The average Bonchev–Trinajstić information content (AvgIpc) is 3.21. The van der Waals surface area contributed by atoms with Gasteiger partial charge in [0.15, 0.2) is 0 Å². The van der Waals surface area contributed by atoms with Crippen LogP contribution in [-0.4, -0.2) is 11.9 Å². The molecule has 4 nitrogen and oxygen atoms in total. The van der Waals surface area contributed by atoms with E-state index in [1.807, 2.05) is 67.8 Å². The van der Waals surface area contributed by atoms with Gasteiger partial charge in [0.1, 0.15) is 0 Å². The number of carbonyl (C=O) groups excluding carboxylic acids is 2. The van der Waals surface area contributed by atoms with Crippen molar-refractivity contribution in [2.75, 3.05) is 5.32 Å². The molecule has 1 atom stereocenters. The van der Waals surface area contributed by atoms with Crippen LogP contribution < -0.4 is 5.32 Å². The molecule has 0 spiro atoms. The van der Waals surface area contributed by atoms with Gasteiger partial charge in [0.25, 0.3) is 5.91 Å². The maximum Gasteiger partial charge on any atom is 0.331 e. The Bertz CT molecular complexity index is 978. The minimum absolute atomic E-state index is 0.391. The zero-order valence-electron chi connectivity index (χ0n) is 15.7. The number of carbonyl (C=O) groups is 2. The molecule has 0 bridgehead atoms. The van der Waals surface area contributed by atoms with Gasteiger partial charge in [-0.2, -0.15) is 0 Å². The molecule has 28 heavy (non-hydrogen) atoms. The second kappa shape index (κ2) is 9.15. The first-order valence-corrected chi connectivity index (χ1v) is 9.76. The quantitative estimate of drug-likeness (QED) is 0.458. The molecular formula is C23H21NO3S. The fourth-order valence-corrected chi connectivity index (χ4v) is 3.28. The second-order valence-corrected chi connectivity index (χ2v) is 7.36. The zero-order chi connectivity index (χ0) is 19.9. The van der Waals surface area contributed by atoms with E-state index in [9.17, 15) is 9.59 Å². The lowest BCUT2D eigenvalue weighted by Gasteiger charge is -2.18. The monoisotopic (exact) mass is 391 g/mol. The standard InChI is InChI=1S/C23H21NO3S/c1-16-10-11-17(2)20(15-16)24-23(26)22(18-7-4-3-5-8-18)27-21(25)13-12-19-9-6-14-28-19/h3-15,22H,1-2H3,(H,24,26)/b13-12+/t22-/m0/s1. The van der Waals surface area contributed by atoms with Crippen LogP contribution in [-0.2, 0) is 14.3 Å². The molecule has 2 aromatic carbocycles. The van der Waals surface area contributed by atoms with Crippen LogP contribution in [0.15, 0.2) is 72.1 Å². The first-order valence-electron chi connectivity index (χ1n) is 8.88. The van der Waals surface area contributed by atoms with Crippen molar-refractivity contribution in [2.24, 2.45) is 0 Å². The SMILES string of the molecule is Cc1ccc(C)c(NC(=O)[C@@H](OC(=O)/C=C/c2cccs2)c2ccccc2)c1. The number of aryl methyl sites for hydroxylation is 2. The molecule has 0 saturated carbocycles. The number of hydrogen-bond donors (Lipinski definition) is 1. The van der Waals surface area contributed by atoms with Crippen LogP contribution in [0.3, 0.4) is 0 Å². The topological polar surface area (TPSA) is 55.4 Å². The summed E-state index contributed by atoms with van der Waals surface area (Å²) in [4.78, 5) is 26.2. The number of rotatable bonds is 6. The van der Waals surface area contributed by atoms with E-state index >= 15 is 0 Å². The zero-order valence-corrected chi connectivity index (χ0v) is 16.5. The summed E-state index contributed by atoms with van der Waals surface area (Å²) in [6, 6.07) is 18.6. The molecular weight excluding hydrogens is 370 g/mol. The largest absolute Gasteiger partial charge is 0.444 e. The minimum Gasteiger partial charge on any atom is -0.444 e. The van der Waals surface area contributed by atoms with Gasteiger partial charge in [0.2, 0.25) is 6.10 Å². The van der Waals surface area contributed by atoms with E-state index in [0.29, 0.717) is 11.3 Å². The summed E-state index contributed by atoms with van der Waals surface area (Å²) in [5, 5.41) is 4.81. The lowest BCUT2D eigenvalue weighted by molar-refractivity contribution is -0.149. The van der Waals surface area contributed by atoms with Crippen molar-refractivity contribution in [1.29, 1.82) is 0 Å². The van der Waals surface area contributed by atoms with Gasteiger partial charge >= 0.3 is 5.97 Å². The predicted octanol–water partition coefficient (Wildman–Crippen LogP) is 5.30. The summed E-state index contributed by atoms with van der Waals surface area (Å²) in [7, 11) is 0. The summed E-state index contributed by atoms with van der Waals surface area (Å²) in [6.45, 7) is 3.88. The van der Waals surface area contributed by atoms with Crippen LogP contribution in [0.2, 0.25) is 0 Å². The smallest absolute Gasteiger partial charge is 0.331 e. The molecule has 5 heteroatoms. The van der Waals surface area contributed by atoms with Crippen LogP contribution in [0.4, 0.5) is 5.69 Å². The molecule has 142 valence electrons. The second-order valence-electron chi connectivity index (χ2n) is 6.38. The number of hydrogen-bond acceptors (Lipinski definition) is 4. The van der Waals surface area contributed by atoms with E-state index in [1.165, 1.54) is 17.4 Å². The molecule has 0 unspecified atom stereocenters. The van der Waals surface area contributed by atoms with Crippen molar-refractivity contribution in [1.82, 2.24) is 0 Å². The van der Waals surface area contributed by atoms with Crippen molar-refractivity contribution in [3.63, 3.8) is 0 Å². The van der Waals surface area contributed by atoms with Gasteiger partial charge < -0.3 is 10.1 Å². The summed E-state index contributed by atoms with van der Waals surface area (Å²) in [5.41, 5.74) is 3.29. The van der Waals surface area contributed by atoms with Gasteiger partial charge in [0.05, 0.1) is 0 Å². The predicted molar refractivity (Wildman–Crippen MR) is 113 cm³/mol. The van der Waals surface area contributed by atoms with E-state index in [1.54, 1.807) is 18.2 Å². The molecule has 3 rings (SSSR count). The van der Waals surface area contributed by atoms with Gasteiger partial charge in [0, 0.05) is 22.2 Å². The highest BCUT2D eigenvalue weighted by atomic mass is 32.1. The molecule has 0 aliphatic carbocycles. The maximum absolute atomic E-state index is 12.9. The molecule has 0 fully saturated rings. The average molecular weight is 391 g/mol. The van der Waals surface area contributed by atoms with Gasteiger partial charge in [-0.15, -0.1) is 11.3 Å². The highest BCUT2D eigenvalue weighted by Gasteiger charge is 2.24. The van der Waals surface area contributed by atoms with Gasteiger partial charge in [-0.3, -0.25) is 4.79 Å². The number of thiophene rings is 1. The van der Waals surface area contributed by atoms with Crippen LogP contribution >= 0.6 is 11.3 Å². The molecule has 1 amide bonds. The first-order chi connectivity index (χ1) is 13.5. The Balaban J connectivity index is 1.79. The molecule has 0 aliphatic heterocycles. The molecule has 0 radical (unpaired) electrons. The van der Waals surface area contributed by atoms with E-state index in [4.69, 9.17) is 4.74 Å². The molecule has 1 heterocycles. The van der Waals surface area contributed by atoms with E-state index in [2.05, 4.69) is 5.32 Å². The Morgan fingerprint density at radius 2 is 1.82 bits per heavy atom. The van der Waals surface area contributed by atoms with Crippen LogP contribution in [0.25, 0.3) is 6.08 Å². The Morgan fingerprint density at radius 1 is 1.04 bits per heavy atom. The summed E-state index contributed by atoms with van der Waals surface area (Å²) in [6.07, 6.45) is 1.98. The van der Waals surface area contributed by atoms with Crippen LogP contribution in [0.1, 0.15) is 27.7 Å². The molecule has 0 saturated heterocycles. The summed E-state index contributed by atoms with van der Waals surface area (Å²) >= 11 is 1.52. The van der Waals surface area contributed by atoms with Gasteiger partial charge in [-0.1, -0.05) is 48.5 Å². The fraction of sp³-hybridized carbons (Fsp3) is 0.130. The third-order valence-corrected chi connectivity index (χ3v) is 4.99. The number of ether oxygens (including phenoxy) is 1. The first kappa shape index (κ1) is 19.6. The number of anilines is 1. The highest BCUT2D eigenvalue weighted by Crippen LogP contribution is 2.23. The highest BCUT2D eigenvalue weighted by molar-refractivity contribution is 7.10. The summed E-state index contributed by atoms with van der Waals surface area (Å²) < 4.78 is 5.51. The molecule has 1 aromatic heterocycles. The maximum atomic E-state index is 12.9. The Hall–Kier alpha value is -3.18. The third kappa shape index (κ3) is 5.18. The number of nitrogens with one attached hydrogen (secondary N) is 1. The van der Waals surface area contributed by atoms with Gasteiger partial charge in [-0.25, -0.2) is 4.79 Å². The Labute approximate surface area is 168 Å². The van der Waals surface area contributed by atoms with E-state index < -0.39 is 18.0 Å². The van der Waals surface area contributed by atoms with E-state index in [-0.39, 0.29) is 0 Å². The van der Waals surface area contributed by atoms with Crippen molar-refractivity contribution < 1.29 is 14.3 Å². The molecule has 0 aliphatic rings. The number of benzene rings is 2. The van der Waals surface area contributed by atoms with E-state index in [0.717, 1.165) is 16.0 Å².